The number of aryl methyl sites for hydroxylation is 1. The molecule has 18 heavy (non-hydrogen) atoms. The highest BCUT2D eigenvalue weighted by atomic mass is 32.2. The molecule has 3 unspecified atom stereocenters. The number of nitrogens with one attached hydrogen (secondary N) is 1. The molecule has 1 fully saturated rings. The lowest BCUT2D eigenvalue weighted by atomic mass is 10.0. The Morgan fingerprint density at radius 2 is 2.00 bits per heavy atom. The molecule has 1 heterocycles. The summed E-state index contributed by atoms with van der Waals surface area (Å²) in [4.78, 5) is 12.9. The molecular weight excluding hydrogens is 246 g/mol. The van der Waals surface area contributed by atoms with Crippen LogP contribution in [0.5, 0.6) is 0 Å². The summed E-state index contributed by atoms with van der Waals surface area (Å²) < 4.78 is 0. The number of hydrogen-bond donors (Lipinski definition) is 2. The lowest BCUT2D eigenvalue weighted by Crippen LogP contribution is -2.28. The Hall–Kier alpha value is -1.00. The van der Waals surface area contributed by atoms with Gasteiger partial charge in [-0.1, -0.05) is 31.0 Å². The van der Waals surface area contributed by atoms with Crippen LogP contribution in [0, 0.1) is 12.8 Å². The van der Waals surface area contributed by atoms with Gasteiger partial charge in [0, 0.05) is 10.8 Å². The molecule has 98 valence electrons. The molecule has 0 aliphatic carbocycles. The summed E-state index contributed by atoms with van der Waals surface area (Å²) in [6.07, 6.45) is 1.14. The van der Waals surface area contributed by atoms with Crippen LogP contribution in [0.3, 0.4) is 0 Å². The van der Waals surface area contributed by atoms with E-state index in [0.717, 1.165) is 17.7 Å². The van der Waals surface area contributed by atoms with E-state index in [-0.39, 0.29) is 17.1 Å². The molecule has 0 radical (unpaired) electrons. The molecule has 1 aromatic carbocycles. The molecule has 1 saturated heterocycles. The first-order valence-corrected chi connectivity index (χ1v) is 7.21. The number of aliphatic hydroxyl groups excluding tert-OH is 1. The molecule has 2 N–H and O–H groups in total. The van der Waals surface area contributed by atoms with Gasteiger partial charge >= 0.3 is 0 Å². The highest BCUT2D eigenvalue weighted by molar-refractivity contribution is 8.00. The summed E-state index contributed by atoms with van der Waals surface area (Å²) in [7, 11) is 0. The minimum Gasteiger partial charge on any atom is -0.373 e. The average Bonchev–Trinajstić information content (AvgIpc) is 2.59. The van der Waals surface area contributed by atoms with E-state index in [0.29, 0.717) is 0 Å². The first-order chi connectivity index (χ1) is 8.61. The Morgan fingerprint density at radius 1 is 1.33 bits per heavy atom. The van der Waals surface area contributed by atoms with Gasteiger partial charge in [-0.3, -0.25) is 4.79 Å². The van der Waals surface area contributed by atoms with Gasteiger partial charge in [-0.15, -0.1) is 11.8 Å². The molecule has 1 aliphatic rings. The highest BCUT2D eigenvalue weighted by Crippen LogP contribution is 2.35. The van der Waals surface area contributed by atoms with Crippen molar-refractivity contribution in [3.63, 3.8) is 0 Å². The third-order valence-corrected chi connectivity index (χ3v) is 4.61. The summed E-state index contributed by atoms with van der Waals surface area (Å²) >= 11 is 1.55. The number of amides is 1. The van der Waals surface area contributed by atoms with Crippen LogP contribution in [0.1, 0.15) is 25.3 Å². The van der Waals surface area contributed by atoms with Crippen molar-refractivity contribution < 1.29 is 9.90 Å². The standard InChI is InChI=1S/C14H19NO2S/c1-3-4-11-12(14(17)15-13(11)16)18-10-7-5-9(2)6-8-10/h5-8,11-13,16H,3-4H2,1-2H3,(H,15,17). The zero-order valence-corrected chi connectivity index (χ0v) is 11.5. The minimum absolute atomic E-state index is 0.00815. The maximum atomic E-state index is 11.8. The van der Waals surface area contributed by atoms with Gasteiger partial charge in [0.1, 0.15) is 6.23 Å². The van der Waals surface area contributed by atoms with Gasteiger partial charge < -0.3 is 10.4 Å². The lowest BCUT2D eigenvalue weighted by Gasteiger charge is -2.18. The Balaban J connectivity index is 2.10. The maximum Gasteiger partial charge on any atom is 0.235 e. The Labute approximate surface area is 112 Å². The normalized spacial score (nSPS) is 27.3. The number of carbonyl (C=O) groups is 1. The quantitative estimate of drug-likeness (QED) is 0.878. The fourth-order valence-corrected chi connectivity index (χ4v) is 3.46. The second-order valence-electron chi connectivity index (χ2n) is 4.76. The first kappa shape index (κ1) is 13.4. The van der Waals surface area contributed by atoms with Crippen molar-refractivity contribution in [2.45, 2.75) is 43.1 Å². The number of hydrogen-bond acceptors (Lipinski definition) is 3. The topological polar surface area (TPSA) is 49.3 Å². The number of thioether (sulfide) groups is 1. The van der Waals surface area contributed by atoms with Crippen LogP contribution in [0.2, 0.25) is 0 Å². The van der Waals surface area contributed by atoms with E-state index in [2.05, 4.69) is 12.2 Å². The zero-order valence-electron chi connectivity index (χ0n) is 10.7. The van der Waals surface area contributed by atoms with E-state index in [1.807, 2.05) is 31.2 Å². The molecule has 0 saturated carbocycles. The van der Waals surface area contributed by atoms with Gasteiger partial charge in [0.2, 0.25) is 5.91 Å². The van der Waals surface area contributed by atoms with Crippen molar-refractivity contribution >= 4 is 17.7 Å². The van der Waals surface area contributed by atoms with Gasteiger partial charge in [-0.2, -0.15) is 0 Å². The first-order valence-electron chi connectivity index (χ1n) is 6.33. The smallest absolute Gasteiger partial charge is 0.235 e. The fourth-order valence-electron chi connectivity index (χ4n) is 2.24. The Kier molecular flexibility index (Phi) is 4.30. The summed E-state index contributed by atoms with van der Waals surface area (Å²) in [6.45, 7) is 4.11. The summed E-state index contributed by atoms with van der Waals surface area (Å²) in [5.74, 6) is -0.0414. The number of rotatable bonds is 4. The molecule has 0 aromatic heterocycles. The molecule has 4 heteroatoms. The van der Waals surface area contributed by atoms with E-state index in [9.17, 15) is 9.90 Å². The number of carbonyl (C=O) groups excluding carboxylic acids is 1. The van der Waals surface area contributed by atoms with Crippen LogP contribution >= 0.6 is 11.8 Å². The van der Waals surface area contributed by atoms with Crippen LogP contribution in [0.4, 0.5) is 0 Å². The third kappa shape index (κ3) is 2.87. The molecule has 2 rings (SSSR count). The van der Waals surface area contributed by atoms with Crippen molar-refractivity contribution in [3.8, 4) is 0 Å². The Bertz CT molecular complexity index is 418. The van der Waals surface area contributed by atoms with Crippen LogP contribution in [-0.4, -0.2) is 22.5 Å². The highest BCUT2D eigenvalue weighted by Gasteiger charge is 2.41. The van der Waals surface area contributed by atoms with Crippen LogP contribution in [0.15, 0.2) is 29.2 Å². The molecule has 3 atom stereocenters. The van der Waals surface area contributed by atoms with Crippen LogP contribution < -0.4 is 5.32 Å². The van der Waals surface area contributed by atoms with E-state index in [4.69, 9.17) is 0 Å². The number of benzene rings is 1. The van der Waals surface area contributed by atoms with Crippen molar-refractivity contribution in [2.75, 3.05) is 0 Å². The minimum atomic E-state index is -0.694. The largest absolute Gasteiger partial charge is 0.373 e. The fraction of sp³-hybridized carbons (Fsp3) is 0.500. The van der Waals surface area contributed by atoms with E-state index < -0.39 is 6.23 Å². The molecule has 1 amide bonds. The van der Waals surface area contributed by atoms with Gasteiger partial charge in [0.05, 0.1) is 5.25 Å². The molecule has 1 aliphatic heterocycles. The average molecular weight is 265 g/mol. The number of aliphatic hydroxyl groups is 1. The maximum absolute atomic E-state index is 11.8. The van der Waals surface area contributed by atoms with Gasteiger partial charge in [0.25, 0.3) is 0 Å². The predicted molar refractivity (Wildman–Crippen MR) is 73.4 cm³/mol. The van der Waals surface area contributed by atoms with E-state index in [1.54, 1.807) is 11.8 Å². The van der Waals surface area contributed by atoms with Gasteiger partial charge in [-0.25, -0.2) is 0 Å². The summed E-state index contributed by atoms with van der Waals surface area (Å²) in [6, 6.07) is 8.14. The van der Waals surface area contributed by atoms with Crippen molar-refractivity contribution in [2.24, 2.45) is 5.92 Å². The molecule has 3 nitrogen and oxygen atoms in total. The molecule has 1 aromatic rings. The van der Waals surface area contributed by atoms with Crippen LogP contribution in [-0.2, 0) is 4.79 Å². The molecular formula is C14H19NO2S. The molecule has 0 spiro atoms. The van der Waals surface area contributed by atoms with E-state index in [1.165, 1.54) is 5.56 Å². The van der Waals surface area contributed by atoms with E-state index >= 15 is 0 Å². The summed E-state index contributed by atoms with van der Waals surface area (Å²) in [5.41, 5.74) is 1.21. The summed E-state index contributed by atoms with van der Waals surface area (Å²) in [5, 5.41) is 12.3. The lowest BCUT2D eigenvalue weighted by molar-refractivity contribution is -0.119. The molecule has 0 bridgehead atoms. The predicted octanol–water partition coefficient (Wildman–Crippen LogP) is 2.32. The second-order valence-corrected chi connectivity index (χ2v) is 5.97. The second kappa shape index (κ2) is 5.76. The van der Waals surface area contributed by atoms with Crippen molar-refractivity contribution in [3.05, 3.63) is 29.8 Å². The van der Waals surface area contributed by atoms with Crippen molar-refractivity contribution in [1.82, 2.24) is 5.32 Å². The SMILES string of the molecule is CCCC1C(O)NC(=O)C1Sc1ccc(C)cc1. The monoisotopic (exact) mass is 265 g/mol. The third-order valence-electron chi connectivity index (χ3n) is 3.25. The van der Waals surface area contributed by atoms with Crippen molar-refractivity contribution in [1.29, 1.82) is 0 Å². The van der Waals surface area contributed by atoms with Gasteiger partial charge in [-0.05, 0) is 25.5 Å². The Morgan fingerprint density at radius 3 is 2.61 bits per heavy atom. The van der Waals surface area contributed by atoms with Crippen LogP contribution in [0.25, 0.3) is 0 Å². The zero-order chi connectivity index (χ0) is 13.1. The van der Waals surface area contributed by atoms with Gasteiger partial charge in [0.15, 0.2) is 0 Å².